The molecule has 0 bridgehead atoms. The number of aromatic nitrogens is 2. The average Bonchev–Trinajstić information content (AvgIpc) is 2.57. The molecule has 72 valence electrons. The number of rotatable bonds is 1. The number of hydrogen-bond donors (Lipinski definition) is 0. The van der Waals surface area contributed by atoms with Crippen molar-refractivity contribution in [3.8, 4) is 10.6 Å². The predicted molar refractivity (Wildman–Crippen MR) is 59.8 cm³/mol. The van der Waals surface area contributed by atoms with Crippen LogP contribution in [-0.4, -0.2) is 10.2 Å². The molecular weight excluding hydrogens is 216 g/mol. The van der Waals surface area contributed by atoms with E-state index in [-0.39, 0.29) is 0 Å². The highest BCUT2D eigenvalue weighted by Gasteiger charge is 2.08. The Morgan fingerprint density at radius 2 is 2.00 bits per heavy atom. The van der Waals surface area contributed by atoms with E-state index in [0.717, 1.165) is 10.6 Å². The molecule has 4 heteroatoms. The topological polar surface area (TPSA) is 25.8 Å². The number of halogens is 1. The van der Waals surface area contributed by atoms with Crippen LogP contribution in [0.15, 0.2) is 18.2 Å². The van der Waals surface area contributed by atoms with Crippen molar-refractivity contribution in [1.29, 1.82) is 0 Å². The summed E-state index contributed by atoms with van der Waals surface area (Å²) in [7, 11) is 0. The third-order valence-corrected chi connectivity index (χ3v) is 3.29. The molecule has 0 radical (unpaired) electrons. The van der Waals surface area contributed by atoms with Crippen LogP contribution in [-0.2, 0) is 0 Å². The SMILES string of the molecule is Cc1cccc(-c2nnc(Cl)s2)c1C. The summed E-state index contributed by atoms with van der Waals surface area (Å²) >= 11 is 7.15. The van der Waals surface area contributed by atoms with Crippen molar-refractivity contribution in [1.82, 2.24) is 10.2 Å². The van der Waals surface area contributed by atoms with Gasteiger partial charge in [-0.05, 0) is 36.6 Å². The molecule has 0 aliphatic carbocycles. The van der Waals surface area contributed by atoms with Gasteiger partial charge in [0.05, 0.1) is 0 Å². The Bertz CT molecular complexity index is 465. The van der Waals surface area contributed by atoms with E-state index in [1.54, 1.807) is 0 Å². The lowest BCUT2D eigenvalue weighted by Crippen LogP contribution is -1.85. The maximum Gasteiger partial charge on any atom is 0.207 e. The van der Waals surface area contributed by atoms with Crippen LogP contribution in [0.5, 0.6) is 0 Å². The molecule has 2 aromatic rings. The lowest BCUT2D eigenvalue weighted by Gasteiger charge is -2.03. The van der Waals surface area contributed by atoms with Gasteiger partial charge in [-0.1, -0.05) is 29.5 Å². The van der Waals surface area contributed by atoms with Gasteiger partial charge in [-0.25, -0.2) is 0 Å². The Kier molecular flexibility index (Phi) is 2.52. The number of aryl methyl sites for hydroxylation is 1. The summed E-state index contributed by atoms with van der Waals surface area (Å²) in [6.45, 7) is 4.17. The standard InChI is InChI=1S/C10H9ClN2S/c1-6-4-3-5-8(7(6)2)9-12-13-10(11)14-9/h3-5H,1-2H3. The molecule has 14 heavy (non-hydrogen) atoms. The minimum atomic E-state index is 0.487. The van der Waals surface area contributed by atoms with Crippen LogP contribution in [0.3, 0.4) is 0 Å². The molecule has 0 saturated heterocycles. The molecule has 0 saturated carbocycles. The van der Waals surface area contributed by atoms with E-state index in [9.17, 15) is 0 Å². The van der Waals surface area contributed by atoms with Crippen LogP contribution < -0.4 is 0 Å². The lowest BCUT2D eigenvalue weighted by atomic mass is 10.0. The largest absolute Gasteiger partial charge is 0.207 e. The molecule has 0 spiro atoms. The summed E-state index contributed by atoms with van der Waals surface area (Å²) in [5, 5.41) is 8.71. The van der Waals surface area contributed by atoms with Gasteiger partial charge in [-0.15, -0.1) is 10.2 Å². The minimum absolute atomic E-state index is 0.487. The molecule has 0 aliphatic heterocycles. The normalized spacial score (nSPS) is 10.5. The van der Waals surface area contributed by atoms with Crippen molar-refractivity contribution in [3.63, 3.8) is 0 Å². The van der Waals surface area contributed by atoms with Crippen LogP contribution >= 0.6 is 22.9 Å². The van der Waals surface area contributed by atoms with Crippen LogP contribution in [0.2, 0.25) is 4.47 Å². The highest BCUT2D eigenvalue weighted by molar-refractivity contribution is 7.18. The fourth-order valence-corrected chi connectivity index (χ4v) is 2.21. The third kappa shape index (κ3) is 1.65. The second-order valence-corrected chi connectivity index (χ2v) is 4.67. The van der Waals surface area contributed by atoms with Crippen LogP contribution in [0.25, 0.3) is 10.6 Å². The van der Waals surface area contributed by atoms with Crippen LogP contribution in [0.1, 0.15) is 11.1 Å². The van der Waals surface area contributed by atoms with Gasteiger partial charge in [-0.2, -0.15) is 0 Å². The van der Waals surface area contributed by atoms with Crippen molar-refractivity contribution in [2.24, 2.45) is 0 Å². The Labute approximate surface area is 91.6 Å². The molecular formula is C10H9ClN2S. The molecule has 0 unspecified atom stereocenters. The summed E-state index contributed by atoms with van der Waals surface area (Å²) in [5.41, 5.74) is 3.61. The van der Waals surface area contributed by atoms with Crippen molar-refractivity contribution in [3.05, 3.63) is 33.8 Å². The van der Waals surface area contributed by atoms with E-state index < -0.39 is 0 Å². The molecule has 2 rings (SSSR count). The first-order valence-electron chi connectivity index (χ1n) is 4.24. The minimum Gasteiger partial charge on any atom is -0.137 e. The maximum atomic E-state index is 5.75. The Morgan fingerprint density at radius 1 is 1.21 bits per heavy atom. The van der Waals surface area contributed by atoms with Gasteiger partial charge in [0.1, 0.15) is 5.01 Å². The van der Waals surface area contributed by atoms with E-state index in [1.165, 1.54) is 22.5 Å². The van der Waals surface area contributed by atoms with E-state index in [2.05, 4.69) is 30.1 Å². The van der Waals surface area contributed by atoms with Crippen molar-refractivity contribution in [2.75, 3.05) is 0 Å². The smallest absolute Gasteiger partial charge is 0.137 e. The Hall–Kier alpha value is -0.930. The van der Waals surface area contributed by atoms with Gasteiger partial charge in [0.15, 0.2) is 0 Å². The van der Waals surface area contributed by atoms with Crippen molar-refractivity contribution < 1.29 is 0 Å². The zero-order chi connectivity index (χ0) is 10.1. The van der Waals surface area contributed by atoms with Crippen LogP contribution in [0.4, 0.5) is 0 Å². The van der Waals surface area contributed by atoms with Crippen molar-refractivity contribution in [2.45, 2.75) is 13.8 Å². The first-order chi connectivity index (χ1) is 6.68. The summed E-state index contributed by atoms with van der Waals surface area (Å²) in [5.74, 6) is 0. The predicted octanol–water partition coefficient (Wildman–Crippen LogP) is 3.48. The molecule has 0 atom stereocenters. The average molecular weight is 225 g/mol. The lowest BCUT2D eigenvalue weighted by molar-refractivity contribution is 1.09. The monoisotopic (exact) mass is 224 g/mol. The zero-order valence-corrected chi connectivity index (χ0v) is 9.49. The van der Waals surface area contributed by atoms with Gasteiger partial charge >= 0.3 is 0 Å². The first kappa shape index (κ1) is 9.62. The third-order valence-electron chi connectivity index (χ3n) is 2.24. The molecule has 0 fully saturated rings. The van der Waals surface area contributed by atoms with E-state index in [1.807, 2.05) is 12.1 Å². The summed E-state index contributed by atoms with van der Waals surface area (Å²) in [4.78, 5) is 0. The summed E-state index contributed by atoms with van der Waals surface area (Å²) in [6.07, 6.45) is 0. The second-order valence-electron chi connectivity index (χ2n) is 3.11. The molecule has 1 aromatic carbocycles. The van der Waals surface area contributed by atoms with E-state index in [0.29, 0.717) is 4.47 Å². The molecule has 0 aliphatic rings. The quantitative estimate of drug-likeness (QED) is 0.741. The molecule has 0 amide bonds. The fourth-order valence-electron chi connectivity index (χ4n) is 1.30. The van der Waals surface area contributed by atoms with Gasteiger partial charge in [-0.3, -0.25) is 0 Å². The molecule has 1 heterocycles. The summed E-state index contributed by atoms with van der Waals surface area (Å²) < 4.78 is 0.487. The van der Waals surface area contributed by atoms with Gasteiger partial charge < -0.3 is 0 Å². The Balaban J connectivity index is 2.57. The second kappa shape index (κ2) is 3.67. The fraction of sp³-hybridized carbons (Fsp3) is 0.200. The number of benzene rings is 1. The maximum absolute atomic E-state index is 5.75. The number of nitrogens with zero attached hydrogens (tertiary/aromatic N) is 2. The molecule has 1 aromatic heterocycles. The highest BCUT2D eigenvalue weighted by Crippen LogP contribution is 2.29. The number of hydrogen-bond acceptors (Lipinski definition) is 3. The molecule has 0 N–H and O–H groups in total. The van der Waals surface area contributed by atoms with Gasteiger partial charge in [0, 0.05) is 5.56 Å². The first-order valence-corrected chi connectivity index (χ1v) is 5.43. The van der Waals surface area contributed by atoms with E-state index in [4.69, 9.17) is 11.6 Å². The van der Waals surface area contributed by atoms with Gasteiger partial charge in [0.2, 0.25) is 4.47 Å². The Morgan fingerprint density at radius 3 is 2.64 bits per heavy atom. The highest BCUT2D eigenvalue weighted by atomic mass is 35.5. The summed E-state index contributed by atoms with van der Waals surface area (Å²) in [6, 6.07) is 6.15. The van der Waals surface area contributed by atoms with Gasteiger partial charge in [0.25, 0.3) is 0 Å². The van der Waals surface area contributed by atoms with Crippen LogP contribution in [0, 0.1) is 13.8 Å². The van der Waals surface area contributed by atoms with Crippen molar-refractivity contribution >= 4 is 22.9 Å². The molecule has 2 nitrogen and oxygen atoms in total. The zero-order valence-electron chi connectivity index (χ0n) is 7.91. The van der Waals surface area contributed by atoms with E-state index >= 15 is 0 Å².